The summed E-state index contributed by atoms with van der Waals surface area (Å²) < 4.78 is 11.6. The molecule has 0 atom stereocenters. The summed E-state index contributed by atoms with van der Waals surface area (Å²) >= 11 is 9.51. The summed E-state index contributed by atoms with van der Waals surface area (Å²) in [6.07, 6.45) is 1.71. The Morgan fingerprint density at radius 2 is 2.33 bits per heavy atom. The van der Waals surface area contributed by atoms with Gasteiger partial charge in [-0.05, 0) is 39.7 Å². The zero-order valence-electron chi connectivity index (χ0n) is 10.8. The Balaban J connectivity index is 2.37. The molecule has 0 radical (unpaired) electrons. The van der Waals surface area contributed by atoms with E-state index in [1.165, 1.54) is 18.9 Å². The lowest BCUT2D eigenvalue weighted by Crippen LogP contribution is -2.17. The number of hydrogen-bond donors (Lipinski definition) is 1. The van der Waals surface area contributed by atoms with Gasteiger partial charge in [0.1, 0.15) is 10.4 Å². The molecule has 108 valence electrons. The highest BCUT2D eigenvalue weighted by Crippen LogP contribution is 2.38. The predicted molar refractivity (Wildman–Crippen MR) is 88.1 cm³/mol. The number of amides is 1. The number of thioether (sulfide) groups is 1. The number of nitriles is 1. The minimum absolute atomic E-state index is 0.0814. The third-order valence-electron chi connectivity index (χ3n) is 2.47. The first-order valence-electron chi connectivity index (χ1n) is 5.67. The monoisotopic (exact) mass is 384 g/mol. The molecule has 0 unspecified atom stereocenters. The average molecular weight is 385 g/mol. The van der Waals surface area contributed by atoms with Crippen LogP contribution in [0.2, 0.25) is 0 Å². The fourth-order valence-corrected chi connectivity index (χ4v) is 3.26. The van der Waals surface area contributed by atoms with Gasteiger partial charge >= 0.3 is 0 Å². The van der Waals surface area contributed by atoms with Crippen LogP contribution in [0, 0.1) is 11.3 Å². The van der Waals surface area contributed by atoms with Crippen molar-refractivity contribution in [1.82, 2.24) is 5.32 Å². The topological polar surface area (TPSA) is 71.3 Å². The number of carbonyl (C=O) groups is 1. The fraction of sp³-hybridized carbons (Fsp3) is 0.154. The van der Waals surface area contributed by atoms with Gasteiger partial charge in [0.05, 0.1) is 16.5 Å². The predicted octanol–water partition coefficient (Wildman–Crippen LogP) is 2.85. The second-order valence-electron chi connectivity index (χ2n) is 3.83. The van der Waals surface area contributed by atoms with Gasteiger partial charge in [-0.15, -0.1) is 0 Å². The minimum atomic E-state index is -0.218. The summed E-state index contributed by atoms with van der Waals surface area (Å²) in [6, 6.07) is 5.39. The summed E-state index contributed by atoms with van der Waals surface area (Å²) in [7, 11) is 1.50. The molecule has 0 bridgehead atoms. The first-order valence-corrected chi connectivity index (χ1v) is 7.69. The standard InChI is InChI=1S/C13H9BrN2O3S2/c1-18-9-5-7(4-8(14)11(9)19-3-2-15)6-10-12(17)16-13(20)21-10/h4-6H,3H2,1H3,(H,16,17,20)/b10-6+. The zero-order chi connectivity index (χ0) is 15.4. The Morgan fingerprint density at radius 3 is 2.90 bits per heavy atom. The summed E-state index contributed by atoms with van der Waals surface area (Å²) in [5, 5.41) is 11.1. The smallest absolute Gasteiger partial charge is 0.263 e. The number of ether oxygens (including phenoxy) is 2. The molecule has 21 heavy (non-hydrogen) atoms. The Hall–Kier alpha value is -1.56. The molecule has 0 saturated carbocycles. The van der Waals surface area contributed by atoms with Gasteiger partial charge in [0.15, 0.2) is 18.1 Å². The number of thiocarbonyl (C=S) groups is 1. The fourth-order valence-electron chi connectivity index (χ4n) is 1.64. The van der Waals surface area contributed by atoms with Gasteiger partial charge in [-0.2, -0.15) is 5.26 Å². The summed E-state index contributed by atoms with van der Waals surface area (Å²) in [4.78, 5) is 12.2. The Morgan fingerprint density at radius 1 is 1.57 bits per heavy atom. The maximum atomic E-state index is 11.6. The SMILES string of the molecule is COc1cc(/C=C2/SC(=S)NC2=O)cc(Br)c1OCC#N. The molecule has 8 heteroatoms. The molecule has 1 heterocycles. The van der Waals surface area contributed by atoms with Crippen LogP contribution in [-0.4, -0.2) is 23.9 Å². The van der Waals surface area contributed by atoms with Gasteiger partial charge in [0, 0.05) is 0 Å². The molecular weight excluding hydrogens is 376 g/mol. The normalized spacial score (nSPS) is 15.8. The largest absolute Gasteiger partial charge is 0.493 e. The van der Waals surface area contributed by atoms with Crippen molar-refractivity contribution in [3.63, 3.8) is 0 Å². The van der Waals surface area contributed by atoms with Crippen molar-refractivity contribution in [2.24, 2.45) is 0 Å². The average Bonchev–Trinajstić information content (AvgIpc) is 2.75. The van der Waals surface area contributed by atoms with Crippen LogP contribution in [0.5, 0.6) is 11.5 Å². The molecule has 1 saturated heterocycles. The lowest BCUT2D eigenvalue weighted by Gasteiger charge is -2.11. The van der Waals surface area contributed by atoms with E-state index in [1.54, 1.807) is 18.2 Å². The number of methoxy groups -OCH3 is 1. The van der Waals surface area contributed by atoms with Crippen molar-refractivity contribution in [2.75, 3.05) is 13.7 Å². The Bertz CT molecular complexity index is 683. The van der Waals surface area contributed by atoms with Crippen LogP contribution in [0.25, 0.3) is 6.08 Å². The van der Waals surface area contributed by atoms with E-state index in [0.717, 1.165) is 5.56 Å². The lowest BCUT2D eigenvalue weighted by molar-refractivity contribution is -0.115. The highest BCUT2D eigenvalue weighted by atomic mass is 79.9. The lowest BCUT2D eigenvalue weighted by atomic mass is 10.2. The Labute approximate surface area is 139 Å². The van der Waals surface area contributed by atoms with Crippen molar-refractivity contribution < 1.29 is 14.3 Å². The van der Waals surface area contributed by atoms with E-state index in [-0.39, 0.29) is 12.5 Å². The number of nitrogens with one attached hydrogen (secondary N) is 1. The van der Waals surface area contributed by atoms with Crippen LogP contribution >= 0.6 is 39.9 Å². The van der Waals surface area contributed by atoms with E-state index in [0.29, 0.717) is 25.2 Å². The number of carbonyl (C=O) groups excluding carboxylic acids is 1. The summed E-state index contributed by atoms with van der Waals surface area (Å²) in [5.41, 5.74) is 0.755. The van der Waals surface area contributed by atoms with E-state index < -0.39 is 0 Å². The number of benzene rings is 1. The second-order valence-corrected chi connectivity index (χ2v) is 6.41. The van der Waals surface area contributed by atoms with Crippen LogP contribution in [0.4, 0.5) is 0 Å². The molecule has 5 nitrogen and oxygen atoms in total. The molecule has 1 N–H and O–H groups in total. The van der Waals surface area contributed by atoms with Gasteiger partial charge in [-0.1, -0.05) is 24.0 Å². The van der Waals surface area contributed by atoms with Crippen molar-refractivity contribution in [3.05, 3.63) is 27.1 Å². The van der Waals surface area contributed by atoms with Gasteiger partial charge in [0.25, 0.3) is 5.91 Å². The van der Waals surface area contributed by atoms with Crippen molar-refractivity contribution in [3.8, 4) is 17.6 Å². The highest BCUT2D eigenvalue weighted by Gasteiger charge is 2.22. The third-order valence-corrected chi connectivity index (χ3v) is 4.22. The molecule has 1 aromatic carbocycles. The molecule has 0 spiro atoms. The van der Waals surface area contributed by atoms with Crippen LogP contribution in [0.1, 0.15) is 5.56 Å². The molecular formula is C13H9BrN2O3S2. The summed E-state index contributed by atoms with van der Waals surface area (Å²) in [6.45, 7) is -0.0814. The van der Waals surface area contributed by atoms with E-state index in [4.69, 9.17) is 27.0 Å². The van der Waals surface area contributed by atoms with E-state index in [9.17, 15) is 4.79 Å². The maximum Gasteiger partial charge on any atom is 0.263 e. The molecule has 2 rings (SSSR count). The van der Waals surface area contributed by atoms with Gasteiger partial charge in [-0.3, -0.25) is 4.79 Å². The van der Waals surface area contributed by atoms with Gasteiger partial charge < -0.3 is 14.8 Å². The number of halogens is 1. The van der Waals surface area contributed by atoms with Crippen LogP contribution < -0.4 is 14.8 Å². The maximum absolute atomic E-state index is 11.6. The molecule has 1 aliphatic rings. The molecule has 1 aromatic rings. The van der Waals surface area contributed by atoms with Gasteiger partial charge in [0.2, 0.25) is 0 Å². The molecule has 0 aliphatic carbocycles. The second kappa shape index (κ2) is 6.93. The summed E-state index contributed by atoms with van der Waals surface area (Å²) in [5.74, 6) is 0.697. The highest BCUT2D eigenvalue weighted by molar-refractivity contribution is 9.10. The molecule has 1 fully saturated rings. The van der Waals surface area contributed by atoms with E-state index >= 15 is 0 Å². The van der Waals surface area contributed by atoms with Crippen LogP contribution in [-0.2, 0) is 4.79 Å². The molecule has 1 amide bonds. The van der Waals surface area contributed by atoms with Crippen molar-refractivity contribution in [1.29, 1.82) is 5.26 Å². The number of nitrogens with zero attached hydrogens (tertiary/aromatic N) is 1. The minimum Gasteiger partial charge on any atom is -0.493 e. The number of rotatable bonds is 4. The molecule has 0 aromatic heterocycles. The first kappa shape index (κ1) is 15.8. The Kier molecular flexibility index (Phi) is 5.22. The zero-order valence-corrected chi connectivity index (χ0v) is 14.0. The van der Waals surface area contributed by atoms with Crippen LogP contribution in [0.15, 0.2) is 21.5 Å². The van der Waals surface area contributed by atoms with E-state index in [1.807, 2.05) is 6.07 Å². The third kappa shape index (κ3) is 3.75. The van der Waals surface area contributed by atoms with Crippen LogP contribution in [0.3, 0.4) is 0 Å². The molecule has 1 aliphatic heterocycles. The van der Waals surface area contributed by atoms with Gasteiger partial charge in [-0.25, -0.2) is 0 Å². The first-order chi connectivity index (χ1) is 10.0. The number of hydrogen-bond acceptors (Lipinski definition) is 6. The van der Waals surface area contributed by atoms with E-state index in [2.05, 4.69) is 21.2 Å². The van der Waals surface area contributed by atoms with Crippen molar-refractivity contribution >= 4 is 56.2 Å². The quantitative estimate of drug-likeness (QED) is 0.635. The van der Waals surface area contributed by atoms with Crippen molar-refractivity contribution in [2.45, 2.75) is 0 Å².